The van der Waals surface area contributed by atoms with E-state index in [1.807, 2.05) is 30.5 Å². The van der Waals surface area contributed by atoms with Crippen LogP contribution in [0.3, 0.4) is 0 Å². The second kappa shape index (κ2) is 6.49. The zero-order chi connectivity index (χ0) is 14.5. The molecule has 6 heteroatoms. The fourth-order valence-corrected chi connectivity index (χ4v) is 2.69. The van der Waals surface area contributed by atoms with Gasteiger partial charge in [-0.3, -0.25) is 4.99 Å². The van der Waals surface area contributed by atoms with Crippen LogP contribution in [-0.4, -0.2) is 31.1 Å². The lowest BCUT2D eigenvalue weighted by Crippen LogP contribution is -2.26. The molecule has 108 valence electrons. The highest BCUT2D eigenvalue weighted by molar-refractivity contribution is 7.99. The third kappa shape index (κ3) is 3.66. The number of ether oxygens (including phenoxy) is 1. The molecule has 0 bridgehead atoms. The summed E-state index contributed by atoms with van der Waals surface area (Å²) in [6.07, 6.45) is 1.81. The Morgan fingerprint density at radius 2 is 1.95 bits per heavy atom. The van der Waals surface area contributed by atoms with Crippen LogP contribution in [-0.2, 0) is 0 Å². The van der Waals surface area contributed by atoms with Gasteiger partial charge < -0.3 is 15.4 Å². The lowest BCUT2D eigenvalue weighted by Gasteiger charge is -2.07. The smallest absolute Gasteiger partial charge is 0.212 e. The van der Waals surface area contributed by atoms with Gasteiger partial charge in [-0.05, 0) is 30.3 Å². The van der Waals surface area contributed by atoms with Crippen molar-refractivity contribution in [3.63, 3.8) is 0 Å². The molecule has 2 heterocycles. The first kappa shape index (κ1) is 13.8. The van der Waals surface area contributed by atoms with Gasteiger partial charge in [-0.1, -0.05) is 11.8 Å². The van der Waals surface area contributed by atoms with Crippen molar-refractivity contribution in [1.82, 2.24) is 10.3 Å². The molecule has 2 aromatic rings. The average molecular weight is 300 g/mol. The molecule has 1 aliphatic rings. The minimum Gasteiger partial charge on any atom is -0.481 e. The topological polar surface area (TPSA) is 58.5 Å². The summed E-state index contributed by atoms with van der Waals surface area (Å²) in [6.45, 7) is 1.74. The van der Waals surface area contributed by atoms with Gasteiger partial charge in [0.25, 0.3) is 0 Å². The van der Waals surface area contributed by atoms with Gasteiger partial charge in [0.1, 0.15) is 0 Å². The standard InChI is InChI=1S/C15H16N4OS/c1-20-14-7-6-13(10-18-14)21-12-4-2-11(3-5-12)19-15-16-8-9-17-15/h2-7,10H,8-9H2,1H3,(H2,16,17,19). The van der Waals surface area contributed by atoms with Crippen LogP contribution in [0.25, 0.3) is 0 Å². The molecule has 1 aromatic heterocycles. The molecule has 21 heavy (non-hydrogen) atoms. The van der Waals surface area contributed by atoms with Crippen molar-refractivity contribution in [1.29, 1.82) is 0 Å². The summed E-state index contributed by atoms with van der Waals surface area (Å²) in [7, 11) is 1.62. The fraction of sp³-hybridized carbons (Fsp3) is 0.200. The summed E-state index contributed by atoms with van der Waals surface area (Å²) in [5, 5.41) is 6.43. The van der Waals surface area contributed by atoms with E-state index in [1.54, 1.807) is 18.9 Å². The summed E-state index contributed by atoms with van der Waals surface area (Å²) in [4.78, 5) is 10.7. The number of rotatable bonds is 4. The number of guanidine groups is 1. The minimum atomic E-state index is 0.628. The van der Waals surface area contributed by atoms with E-state index in [0.29, 0.717) is 5.88 Å². The summed E-state index contributed by atoms with van der Waals surface area (Å²) in [5.74, 6) is 1.47. The van der Waals surface area contributed by atoms with E-state index >= 15 is 0 Å². The van der Waals surface area contributed by atoms with E-state index in [0.717, 1.165) is 34.5 Å². The van der Waals surface area contributed by atoms with Crippen LogP contribution in [0.1, 0.15) is 0 Å². The Hall–Kier alpha value is -2.21. The largest absolute Gasteiger partial charge is 0.481 e. The molecule has 5 nitrogen and oxygen atoms in total. The zero-order valence-corrected chi connectivity index (χ0v) is 12.5. The number of aliphatic imine (C=N–C) groups is 1. The number of nitrogens with zero attached hydrogens (tertiary/aromatic N) is 2. The molecular weight excluding hydrogens is 284 g/mol. The fourth-order valence-electron chi connectivity index (χ4n) is 1.91. The Kier molecular flexibility index (Phi) is 4.25. The second-order valence-electron chi connectivity index (χ2n) is 4.44. The van der Waals surface area contributed by atoms with Gasteiger partial charge in [0.05, 0.1) is 13.7 Å². The molecule has 0 atom stereocenters. The van der Waals surface area contributed by atoms with Crippen LogP contribution in [0.15, 0.2) is 57.4 Å². The van der Waals surface area contributed by atoms with Gasteiger partial charge in [0.15, 0.2) is 5.96 Å². The van der Waals surface area contributed by atoms with E-state index in [4.69, 9.17) is 4.74 Å². The third-order valence-electron chi connectivity index (χ3n) is 2.95. The van der Waals surface area contributed by atoms with Crippen molar-refractivity contribution in [2.24, 2.45) is 4.99 Å². The first-order valence-electron chi connectivity index (χ1n) is 6.67. The number of methoxy groups -OCH3 is 1. The van der Waals surface area contributed by atoms with Crippen LogP contribution in [0.5, 0.6) is 5.88 Å². The lowest BCUT2D eigenvalue weighted by atomic mass is 10.3. The second-order valence-corrected chi connectivity index (χ2v) is 5.59. The van der Waals surface area contributed by atoms with Gasteiger partial charge in [0, 0.05) is 34.3 Å². The highest BCUT2D eigenvalue weighted by Crippen LogP contribution is 2.28. The summed E-state index contributed by atoms with van der Waals surface area (Å²) in [5.41, 5.74) is 1.03. The number of hydrogen-bond acceptors (Lipinski definition) is 6. The molecule has 3 rings (SSSR count). The van der Waals surface area contributed by atoms with Crippen LogP contribution < -0.4 is 15.4 Å². The number of pyridine rings is 1. The van der Waals surface area contributed by atoms with Crippen molar-refractivity contribution in [3.8, 4) is 5.88 Å². The molecular formula is C15H16N4OS. The maximum atomic E-state index is 5.05. The van der Waals surface area contributed by atoms with Crippen molar-refractivity contribution in [3.05, 3.63) is 42.6 Å². The monoisotopic (exact) mass is 300 g/mol. The summed E-state index contributed by atoms with van der Waals surface area (Å²) in [6, 6.07) is 12.1. The first-order valence-corrected chi connectivity index (χ1v) is 7.48. The first-order chi connectivity index (χ1) is 10.3. The number of nitrogens with one attached hydrogen (secondary N) is 2. The summed E-state index contributed by atoms with van der Waals surface area (Å²) >= 11 is 1.67. The predicted molar refractivity (Wildman–Crippen MR) is 85.3 cm³/mol. The van der Waals surface area contributed by atoms with Crippen LogP contribution in [0.2, 0.25) is 0 Å². The van der Waals surface area contributed by atoms with Crippen molar-refractivity contribution in [2.45, 2.75) is 9.79 Å². The quantitative estimate of drug-likeness (QED) is 0.909. The predicted octanol–water partition coefficient (Wildman–Crippen LogP) is 2.61. The molecule has 0 spiro atoms. The molecule has 0 aliphatic carbocycles. The molecule has 1 aromatic carbocycles. The maximum absolute atomic E-state index is 5.05. The number of benzene rings is 1. The molecule has 2 N–H and O–H groups in total. The maximum Gasteiger partial charge on any atom is 0.212 e. The Morgan fingerprint density at radius 3 is 2.57 bits per heavy atom. The molecule has 0 unspecified atom stereocenters. The van der Waals surface area contributed by atoms with Crippen LogP contribution >= 0.6 is 11.8 Å². The molecule has 1 aliphatic heterocycles. The normalized spacial score (nSPS) is 13.5. The van der Waals surface area contributed by atoms with Crippen LogP contribution in [0.4, 0.5) is 5.69 Å². The Balaban J connectivity index is 1.63. The van der Waals surface area contributed by atoms with E-state index in [2.05, 4.69) is 32.7 Å². The lowest BCUT2D eigenvalue weighted by molar-refractivity contribution is 0.397. The highest BCUT2D eigenvalue weighted by Gasteiger charge is 2.05. The highest BCUT2D eigenvalue weighted by atomic mass is 32.2. The van der Waals surface area contributed by atoms with Gasteiger partial charge in [0.2, 0.25) is 5.88 Å². The SMILES string of the molecule is COc1ccc(Sc2ccc(NC3=NCCN3)cc2)cn1. The van der Waals surface area contributed by atoms with Crippen molar-refractivity contribution in [2.75, 3.05) is 25.5 Å². The number of hydrogen-bond donors (Lipinski definition) is 2. The van der Waals surface area contributed by atoms with Crippen molar-refractivity contribution < 1.29 is 4.74 Å². The number of aromatic nitrogens is 1. The Labute approximate surface area is 127 Å². The van der Waals surface area contributed by atoms with Gasteiger partial charge in [-0.15, -0.1) is 0 Å². The molecule has 0 radical (unpaired) electrons. The number of anilines is 1. The zero-order valence-electron chi connectivity index (χ0n) is 11.7. The minimum absolute atomic E-state index is 0.628. The molecule has 0 saturated heterocycles. The van der Waals surface area contributed by atoms with E-state index in [1.165, 1.54) is 0 Å². The molecule has 0 fully saturated rings. The van der Waals surface area contributed by atoms with Gasteiger partial charge >= 0.3 is 0 Å². The van der Waals surface area contributed by atoms with E-state index in [-0.39, 0.29) is 0 Å². The molecule has 0 saturated carbocycles. The average Bonchev–Trinajstić information content (AvgIpc) is 3.03. The van der Waals surface area contributed by atoms with Crippen LogP contribution in [0, 0.1) is 0 Å². The third-order valence-corrected chi connectivity index (χ3v) is 3.93. The van der Waals surface area contributed by atoms with E-state index in [9.17, 15) is 0 Å². The van der Waals surface area contributed by atoms with Gasteiger partial charge in [-0.2, -0.15) is 0 Å². The van der Waals surface area contributed by atoms with Crippen molar-refractivity contribution >= 4 is 23.4 Å². The summed E-state index contributed by atoms with van der Waals surface area (Å²) < 4.78 is 5.05. The van der Waals surface area contributed by atoms with Gasteiger partial charge in [-0.25, -0.2) is 4.98 Å². The Morgan fingerprint density at radius 1 is 1.14 bits per heavy atom. The van der Waals surface area contributed by atoms with E-state index < -0.39 is 0 Å². The molecule has 0 amide bonds. The Bertz CT molecular complexity index is 625.